The van der Waals surface area contributed by atoms with Crippen LogP contribution in [0.1, 0.15) is 62.7 Å². The minimum Gasteiger partial charge on any atom is -0.388 e. The number of aromatic nitrogens is 1. The van der Waals surface area contributed by atoms with Gasteiger partial charge in [-0.2, -0.15) is 0 Å². The molecule has 1 heterocycles. The molecular weight excluding hydrogens is 270 g/mol. The molecule has 0 spiro atoms. The van der Waals surface area contributed by atoms with Crippen molar-refractivity contribution < 1.29 is 9.32 Å². The van der Waals surface area contributed by atoms with E-state index in [9.17, 15) is 9.32 Å². The monoisotopic (exact) mass is 297 g/mol. The number of rotatable bonds is 4. The Hall–Kier alpha value is -0.610. The molecule has 1 N–H and O–H groups in total. The van der Waals surface area contributed by atoms with E-state index in [1.807, 2.05) is 0 Å². The van der Waals surface area contributed by atoms with Crippen molar-refractivity contribution in [1.29, 1.82) is 0 Å². The molecule has 0 fully saturated rings. The molecule has 1 aromatic rings. The summed E-state index contributed by atoms with van der Waals surface area (Å²) in [6.45, 7) is 8.74. The van der Waals surface area contributed by atoms with E-state index in [2.05, 4.69) is 38.3 Å². The molecule has 0 aromatic carbocycles. The highest BCUT2D eigenvalue weighted by molar-refractivity contribution is 7.84. The molecule has 3 unspecified atom stereocenters. The van der Waals surface area contributed by atoms with E-state index in [1.54, 1.807) is 6.26 Å². The summed E-state index contributed by atoms with van der Waals surface area (Å²) in [7, 11) is -0.741. The maximum absolute atomic E-state index is 11.3. The van der Waals surface area contributed by atoms with Gasteiger partial charge in [0, 0.05) is 45.8 Å². The Balaban J connectivity index is 2.33. The van der Waals surface area contributed by atoms with Crippen LogP contribution in [-0.4, -0.2) is 25.9 Å². The van der Waals surface area contributed by atoms with Crippen molar-refractivity contribution in [3.63, 3.8) is 0 Å². The number of nitrogens with zero attached hydrogens (tertiary/aromatic N) is 1. The quantitative estimate of drug-likeness (QED) is 0.927. The molecule has 0 aliphatic heterocycles. The van der Waals surface area contributed by atoms with Crippen LogP contribution < -0.4 is 0 Å². The highest BCUT2D eigenvalue weighted by Crippen LogP contribution is 2.43. The molecule has 3 nitrogen and oxygen atoms in total. The summed E-state index contributed by atoms with van der Waals surface area (Å²) in [5.41, 5.74) is 3.73. The van der Waals surface area contributed by atoms with E-state index in [0.717, 1.165) is 30.6 Å². The average molecular weight is 297 g/mol. The zero-order valence-electron chi connectivity index (χ0n) is 13.3. The number of aliphatic hydroxyl groups excluding tert-OH is 1. The smallest absolute Gasteiger partial charge is 0.0812 e. The van der Waals surface area contributed by atoms with Gasteiger partial charge in [-0.15, -0.1) is 0 Å². The summed E-state index contributed by atoms with van der Waals surface area (Å²) >= 11 is 0. The van der Waals surface area contributed by atoms with Crippen LogP contribution in [0.4, 0.5) is 0 Å². The summed E-state index contributed by atoms with van der Waals surface area (Å²) in [5, 5.41) is 10.4. The van der Waals surface area contributed by atoms with E-state index in [4.69, 9.17) is 0 Å². The molecule has 20 heavy (non-hydrogen) atoms. The van der Waals surface area contributed by atoms with Gasteiger partial charge in [0.2, 0.25) is 0 Å². The first-order valence-corrected chi connectivity index (χ1v) is 9.12. The Morgan fingerprint density at radius 2 is 2.20 bits per heavy atom. The summed E-state index contributed by atoms with van der Waals surface area (Å²) in [6.07, 6.45) is 4.17. The van der Waals surface area contributed by atoms with Crippen molar-refractivity contribution in [3.05, 3.63) is 23.0 Å². The fraction of sp³-hybridized carbons (Fsp3) is 0.750. The van der Waals surface area contributed by atoms with Crippen LogP contribution in [0.15, 0.2) is 6.07 Å². The van der Waals surface area contributed by atoms with Gasteiger partial charge in [0.05, 0.1) is 6.10 Å². The van der Waals surface area contributed by atoms with Gasteiger partial charge in [-0.3, -0.25) is 4.21 Å². The predicted octanol–water partition coefficient (Wildman–Crippen LogP) is 3.13. The first-order chi connectivity index (χ1) is 9.21. The summed E-state index contributed by atoms with van der Waals surface area (Å²) in [4.78, 5) is 0. The van der Waals surface area contributed by atoms with Crippen molar-refractivity contribution in [3.8, 4) is 0 Å². The maximum atomic E-state index is 11.3. The van der Waals surface area contributed by atoms with Crippen LogP contribution in [0.3, 0.4) is 0 Å². The number of fused-ring (bicyclic) bond motifs is 1. The van der Waals surface area contributed by atoms with Gasteiger partial charge in [0.25, 0.3) is 0 Å². The Labute approximate surface area is 124 Å². The Morgan fingerprint density at radius 1 is 1.55 bits per heavy atom. The van der Waals surface area contributed by atoms with Crippen LogP contribution >= 0.6 is 0 Å². The van der Waals surface area contributed by atoms with Crippen LogP contribution in [0.5, 0.6) is 0 Å². The largest absolute Gasteiger partial charge is 0.388 e. The standard InChI is InChI=1S/C16H27NO2S/c1-11(6-7-20(5)19)17-12(2)8-13-14(17)9-16(3,4)10-15(13)18/h8,11,15,18H,6-7,9-10H2,1-5H3. The molecule has 0 radical (unpaired) electrons. The second kappa shape index (κ2) is 5.64. The predicted molar refractivity (Wildman–Crippen MR) is 84.5 cm³/mol. The minimum atomic E-state index is -0.741. The third-order valence-electron chi connectivity index (χ3n) is 4.38. The first-order valence-electron chi connectivity index (χ1n) is 7.40. The molecule has 1 aliphatic rings. The summed E-state index contributed by atoms with van der Waals surface area (Å²) in [5.74, 6) is 0.736. The summed E-state index contributed by atoms with van der Waals surface area (Å²) in [6, 6.07) is 2.47. The van der Waals surface area contributed by atoms with E-state index in [0.29, 0.717) is 6.04 Å². The van der Waals surface area contributed by atoms with Gasteiger partial charge in [0.15, 0.2) is 0 Å². The zero-order chi connectivity index (χ0) is 15.1. The normalized spacial score (nSPS) is 24.2. The molecule has 0 amide bonds. The van der Waals surface area contributed by atoms with Crippen molar-refractivity contribution >= 4 is 10.8 Å². The minimum absolute atomic E-state index is 0.141. The lowest BCUT2D eigenvalue weighted by Gasteiger charge is -2.35. The lowest BCUT2D eigenvalue weighted by molar-refractivity contribution is 0.0975. The van der Waals surface area contributed by atoms with Crippen LogP contribution in [-0.2, 0) is 17.2 Å². The lowest BCUT2D eigenvalue weighted by Crippen LogP contribution is -2.27. The molecule has 0 saturated carbocycles. The second-order valence-corrected chi connectivity index (χ2v) is 8.59. The molecule has 4 heteroatoms. The van der Waals surface area contributed by atoms with Gasteiger partial charge in [-0.25, -0.2) is 0 Å². The molecule has 2 rings (SSSR count). The van der Waals surface area contributed by atoms with Crippen molar-refractivity contribution in [2.45, 2.75) is 59.1 Å². The molecule has 114 valence electrons. The van der Waals surface area contributed by atoms with Crippen molar-refractivity contribution in [2.24, 2.45) is 5.41 Å². The Bertz CT molecular complexity index is 519. The number of hydrogen-bond acceptors (Lipinski definition) is 2. The average Bonchev–Trinajstić information content (AvgIpc) is 2.61. The molecule has 1 aromatic heterocycles. The summed E-state index contributed by atoms with van der Waals surface area (Å²) < 4.78 is 13.7. The van der Waals surface area contributed by atoms with Crippen molar-refractivity contribution in [1.82, 2.24) is 4.57 Å². The highest BCUT2D eigenvalue weighted by atomic mass is 32.2. The SMILES string of the molecule is Cc1cc2c(n1C(C)CCS(C)=O)CC(C)(C)CC2O. The maximum Gasteiger partial charge on any atom is 0.0812 e. The Kier molecular flexibility index (Phi) is 4.45. The van der Waals surface area contributed by atoms with Gasteiger partial charge in [0.1, 0.15) is 0 Å². The third-order valence-corrected chi connectivity index (χ3v) is 5.19. The molecule has 1 aliphatic carbocycles. The fourth-order valence-corrected chi connectivity index (χ4v) is 4.12. The van der Waals surface area contributed by atoms with Gasteiger partial charge in [-0.1, -0.05) is 13.8 Å². The highest BCUT2D eigenvalue weighted by Gasteiger charge is 2.34. The van der Waals surface area contributed by atoms with E-state index >= 15 is 0 Å². The fourth-order valence-electron chi connectivity index (χ4n) is 3.44. The van der Waals surface area contributed by atoms with E-state index in [-0.39, 0.29) is 11.5 Å². The third kappa shape index (κ3) is 3.17. The van der Waals surface area contributed by atoms with E-state index < -0.39 is 10.8 Å². The molecular formula is C16H27NO2S. The van der Waals surface area contributed by atoms with E-state index in [1.165, 1.54) is 11.4 Å². The molecule has 0 bridgehead atoms. The zero-order valence-corrected chi connectivity index (χ0v) is 14.1. The Morgan fingerprint density at radius 3 is 2.80 bits per heavy atom. The molecule has 0 saturated heterocycles. The molecule has 3 atom stereocenters. The van der Waals surface area contributed by atoms with Gasteiger partial charge in [-0.05, 0) is 44.6 Å². The number of hydrogen-bond donors (Lipinski definition) is 1. The van der Waals surface area contributed by atoms with Gasteiger partial charge < -0.3 is 9.67 Å². The van der Waals surface area contributed by atoms with Crippen LogP contribution in [0, 0.1) is 12.3 Å². The first kappa shape index (κ1) is 15.8. The van der Waals surface area contributed by atoms with Crippen molar-refractivity contribution in [2.75, 3.05) is 12.0 Å². The van der Waals surface area contributed by atoms with Crippen LogP contribution in [0.25, 0.3) is 0 Å². The lowest BCUT2D eigenvalue weighted by atomic mass is 9.75. The van der Waals surface area contributed by atoms with Crippen LogP contribution in [0.2, 0.25) is 0 Å². The number of aryl methyl sites for hydroxylation is 1. The topological polar surface area (TPSA) is 42.2 Å². The number of aliphatic hydroxyl groups is 1. The second-order valence-electron chi connectivity index (χ2n) is 7.03. The van der Waals surface area contributed by atoms with Gasteiger partial charge >= 0.3 is 0 Å².